The number of aliphatic hydroxyl groups excluding tert-OH is 1. The first-order valence-electron chi connectivity index (χ1n) is 20.7. The number of rotatable bonds is 10. The van der Waals surface area contributed by atoms with Crippen LogP contribution in [0.2, 0.25) is 0 Å². The van der Waals surface area contributed by atoms with E-state index in [2.05, 4.69) is 4.98 Å². The zero-order valence-corrected chi connectivity index (χ0v) is 35.7. The van der Waals surface area contributed by atoms with Gasteiger partial charge in [-0.05, 0) is 85.0 Å². The number of amides is 1. The molecule has 5 rings (SSSR count). The fourth-order valence-corrected chi connectivity index (χ4v) is 9.56. The number of likely N-dealkylation sites (N-methyl/N-ethyl adjacent to an activating group) is 1. The number of nitrogens with one attached hydrogen (secondary N) is 2. The van der Waals surface area contributed by atoms with Gasteiger partial charge in [-0.25, -0.2) is 4.79 Å². The Morgan fingerprint density at radius 2 is 1.77 bits per heavy atom. The number of fused-ring (bicyclic) bond motifs is 2. The monoisotopic (exact) mass is 794 g/mol. The van der Waals surface area contributed by atoms with Crippen LogP contribution in [0, 0.1) is 29.1 Å². The van der Waals surface area contributed by atoms with Gasteiger partial charge in [0.05, 0.1) is 30.5 Å². The summed E-state index contributed by atoms with van der Waals surface area (Å²) in [5.41, 5.74) is -0.201. The summed E-state index contributed by atoms with van der Waals surface area (Å²) < 4.78 is 32.2. The minimum Gasteiger partial charge on any atom is -0.458 e. The van der Waals surface area contributed by atoms with E-state index in [1.165, 1.54) is 6.92 Å². The van der Waals surface area contributed by atoms with Crippen LogP contribution < -0.4 is 0 Å². The SMILES string of the molecule is CCCN1C(=O)O[C@]2(C)C(CC)OC(=O)[C@H](C)C(=O)[C@H](C)[C@@H](O[C@@H]3O[C@H](C)C[C@H](N(C)C)[C@H]3O)[C@](C)(OC/C=C/c3c[nH]c4ccccc34)C[C@@H](C)C(=N)[C@H](C)[C@@H]12. The number of Topliss-reactive ketones (excluding diaryl/α,β-unsaturated/α-hetero) is 1. The highest BCUT2D eigenvalue weighted by Gasteiger charge is 2.59. The molecule has 13 nitrogen and oxygen atoms in total. The average molecular weight is 795 g/mol. The van der Waals surface area contributed by atoms with Crippen molar-refractivity contribution >= 4 is 40.5 Å². The molecule has 3 fully saturated rings. The first-order chi connectivity index (χ1) is 26.9. The number of H-pyrrole nitrogens is 1. The van der Waals surface area contributed by atoms with Crippen LogP contribution in [0.1, 0.15) is 93.6 Å². The molecule has 2 aromatic rings. The number of aliphatic hydroxyl groups is 1. The fourth-order valence-electron chi connectivity index (χ4n) is 9.56. The highest BCUT2D eigenvalue weighted by molar-refractivity contribution is 6.00. The second-order valence-corrected chi connectivity index (χ2v) is 17.2. The number of para-hydroxylation sites is 1. The maximum atomic E-state index is 14.6. The molecule has 0 bridgehead atoms. The molecule has 3 aliphatic rings. The van der Waals surface area contributed by atoms with Gasteiger partial charge in [-0.15, -0.1) is 0 Å². The van der Waals surface area contributed by atoms with Crippen molar-refractivity contribution in [3.63, 3.8) is 0 Å². The lowest BCUT2D eigenvalue weighted by atomic mass is 9.73. The molecule has 3 saturated heterocycles. The molecule has 0 saturated carbocycles. The standard InChI is InChI=1S/C44H66N4O9/c1-12-20-48-38-27(5)35(45)25(3)23-43(8,53-21-16-17-30-24-46-32-19-15-14-18-31(30)32)39(56-41-37(50)33(47(10)11)22-26(4)54-41)28(6)36(49)29(7)40(51)55-34(13-2)44(38,9)57-42(48)52/h14-19,24-29,33-34,37-39,41,45-46,50H,12-13,20-23H2,1-11H3/b17-16+,45-35?/t25-,26-,27+,28+,29-,33+,34?,37-,38-,39-,41+,43-,44-/m1/s1. The Balaban J connectivity index is 1.59. The zero-order valence-electron chi connectivity index (χ0n) is 35.7. The lowest BCUT2D eigenvalue weighted by Crippen LogP contribution is -2.60. The van der Waals surface area contributed by atoms with Crippen LogP contribution in [0.5, 0.6) is 0 Å². The lowest BCUT2D eigenvalue weighted by Gasteiger charge is -2.47. The molecule has 316 valence electrons. The Morgan fingerprint density at radius 1 is 1.07 bits per heavy atom. The van der Waals surface area contributed by atoms with Gasteiger partial charge in [0, 0.05) is 47.2 Å². The fraction of sp³-hybridized carbons (Fsp3) is 0.682. The van der Waals surface area contributed by atoms with Crippen molar-refractivity contribution in [2.45, 2.75) is 142 Å². The quantitative estimate of drug-likeness (QED) is 0.176. The van der Waals surface area contributed by atoms with Crippen LogP contribution in [0.15, 0.2) is 36.5 Å². The molecular weight excluding hydrogens is 729 g/mol. The molecule has 0 spiro atoms. The predicted molar refractivity (Wildman–Crippen MR) is 219 cm³/mol. The Bertz CT molecular complexity index is 1780. The van der Waals surface area contributed by atoms with E-state index in [1.54, 1.807) is 18.7 Å². The van der Waals surface area contributed by atoms with Crippen LogP contribution >= 0.6 is 0 Å². The molecule has 1 aromatic carbocycles. The van der Waals surface area contributed by atoms with Gasteiger partial charge in [0.15, 0.2) is 17.7 Å². The van der Waals surface area contributed by atoms with E-state index in [4.69, 9.17) is 23.7 Å². The largest absolute Gasteiger partial charge is 0.458 e. The zero-order chi connectivity index (χ0) is 42.0. The van der Waals surface area contributed by atoms with Gasteiger partial charge in [0.1, 0.15) is 18.1 Å². The molecule has 13 atom stereocenters. The number of benzene rings is 1. The van der Waals surface area contributed by atoms with E-state index in [0.29, 0.717) is 31.5 Å². The maximum absolute atomic E-state index is 14.6. The van der Waals surface area contributed by atoms with Crippen molar-refractivity contribution in [3.8, 4) is 0 Å². The summed E-state index contributed by atoms with van der Waals surface area (Å²) in [7, 11) is 3.79. The molecule has 3 N–H and O–H groups in total. The summed E-state index contributed by atoms with van der Waals surface area (Å²) in [5, 5.41) is 22.4. The number of nitrogens with zero attached hydrogens (tertiary/aromatic N) is 2. The third-order valence-electron chi connectivity index (χ3n) is 12.7. The van der Waals surface area contributed by atoms with Crippen molar-refractivity contribution < 1.29 is 43.2 Å². The first kappa shape index (κ1) is 44.5. The van der Waals surface area contributed by atoms with E-state index in [1.807, 2.05) is 103 Å². The van der Waals surface area contributed by atoms with Crippen molar-refractivity contribution in [3.05, 3.63) is 42.1 Å². The van der Waals surface area contributed by atoms with E-state index < -0.39 is 83.4 Å². The summed E-state index contributed by atoms with van der Waals surface area (Å²) >= 11 is 0. The van der Waals surface area contributed by atoms with E-state index in [-0.39, 0.29) is 25.2 Å². The Kier molecular flexibility index (Phi) is 14.1. The predicted octanol–water partition coefficient (Wildman–Crippen LogP) is 6.62. The molecule has 57 heavy (non-hydrogen) atoms. The van der Waals surface area contributed by atoms with Gasteiger partial charge in [0.25, 0.3) is 0 Å². The highest BCUT2D eigenvalue weighted by Crippen LogP contribution is 2.43. The van der Waals surface area contributed by atoms with Crippen LogP contribution in [-0.2, 0) is 33.3 Å². The molecule has 0 aliphatic carbocycles. The number of ketones is 1. The lowest BCUT2D eigenvalue weighted by molar-refractivity contribution is -0.296. The summed E-state index contributed by atoms with van der Waals surface area (Å²) in [4.78, 5) is 49.0. The third kappa shape index (κ3) is 9.02. The average Bonchev–Trinajstić information content (AvgIpc) is 3.70. The van der Waals surface area contributed by atoms with E-state index >= 15 is 0 Å². The van der Waals surface area contributed by atoms with Gasteiger partial charge in [-0.3, -0.25) is 9.59 Å². The smallest absolute Gasteiger partial charge is 0.410 e. The van der Waals surface area contributed by atoms with E-state index in [9.17, 15) is 24.9 Å². The maximum Gasteiger partial charge on any atom is 0.410 e. The summed E-state index contributed by atoms with van der Waals surface area (Å²) in [6.45, 7) is 17.0. The van der Waals surface area contributed by atoms with Gasteiger partial charge >= 0.3 is 12.1 Å². The van der Waals surface area contributed by atoms with Crippen LogP contribution in [0.4, 0.5) is 4.79 Å². The number of hydrogen-bond donors (Lipinski definition) is 3. The number of esters is 1. The number of carbonyl (C=O) groups excluding carboxylic acids is 3. The van der Waals surface area contributed by atoms with E-state index in [0.717, 1.165) is 16.5 Å². The Hall–Kier alpha value is -3.62. The second kappa shape index (κ2) is 18.1. The number of aromatic nitrogens is 1. The summed E-state index contributed by atoms with van der Waals surface area (Å²) in [6.07, 6.45) is 2.75. The van der Waals surface area contributed by atoms with Crippen molar-refractivity contribution in [2.75, 3.05) is 27.2 Å². The van der Waals surface area contributed by atoms with Gasteiger partial charge < -0.3 is 49.0 Å². The third-order valence-corrected chi connectivity index (χ3v) is 12.7. The first-order valence-corrected chi connectivity index (χ1v) is 20.7. The molecule has 4 heterocycles. The van der Waals surface area contributed by atoms with Gasteiger partial charge in [-0.2, -0.15) is 0 Å². The molecule has 1 amide bonds. The second-order valence-electron chi connectivity index (χ2n) is 17.2. The van der Waals surface area contributed by atoms with Crippen molar-refractivity contribution in [1.29, 1.82) is 5.41 Å². The number of cyclic esters (lactones) is 1. The Labute approximate surface area is 338 Å². The van der Waals surface area contributed by atoms with Crippen molar-refractivity contribution in [2.24, 2.45) is 23.7 Å². The molecule has 1 unspecified atom stereocenters. The number of hydrogen-bond acceptors (Lipinski definition) is 11. The molecule has 13 heteroatoms. The summed E-state index contributed by atoms with van der Waals surface area (Å²) in [6, 6.07) is 7.11. The van der Waals surface area contributed by atoms with Crippen LogP contribution in [-0.4, -0.2) is 125 Å². The molecule has 3 aliphatic heterocycles. The topological polar surface area (TPSA) is 164 Å². The van der Waals surface area contributed by atoms with Crippen LogP contribution in [0.3, 0.4) is 0 Å². The van der Waals surface area contributed by atoms with Crippen molar-refractivity contribution in [1.82, 2.24) is 14.8 Å². The Morgan fingerprint density at radius 3 is 2.44 bits per heavy atom. The highest BCUT2D eigenvalue weighted by atomic mass is 16.7. The van der Waals surface area contributed by atoms with Gasteiger partial charge in [-0.1, -0.05) is 65.0 Å². The van der Waals surface area contributed by atoms with Gasteiger partial charge in [0.2, 0.25) is 0 Å². The number of ether oxygens (including phenoxy) is 5. The summed E-state index contributed by atoms with van der Waals surface area (Å²) in [5.74, 6) is -4.28. The molecule has 1 aromatic heterocycles. The number of aromatic amines is 1. The van der Waals surface area contributed by atoms with Crippen LogP contribution in [0.25, 0.3) is 17.0 Å². The number of carbonyl (C=O) groups is 3. The molecular formula is C44H66N4O9. The minimum absolute atomic E-state index is 0.125. The normalized spacial score (nSPS) is 37.4. The molecule has 0 radical (unpaired) electrons. The minimum atomic E-state index is -1.28.